The van der Waals surface area contributed by atoms with E-state index in [2.05, 4.69) is 31.2 Å². The van der Waals surface area contributed by atoms with Crippen LogP contribution < -0.4 is 5.32 Å². The predicted molar refractivity (Wildman–Crippen MR) is 107 cm³/mol. The maximum Gasteiger partial charge on any atom is 0.239 e. The first-order valence-electron chi connectivity index (χ1n) is 8.47. The Morgan fingerprint density at radius 1 is 1.30 bits per heavy atom. The second-order valence-corrected chi connectivity index (χ2v) is 7.46. The second-order valence-electron chi connectivity index (χ2n) is 6.55. The summed E-state index contributed by atoms with van der Waals surface area (Å²) >= 11 is 3.29. The molecule has 2 aromatic rings. The number of H-pyrrole nitrogens is 1. The highest BCUT2D eigenvalue weighted by atomic mass is 79.9. The van der Waals surface area contributed by atoms with Crippen molar-refractivity contribution in [3.05, 3.63) is 45.3 Å². The highest BCUT2D eigenvalue weighted by Crippen LogP contribution is 2.20. The van der Waals surface area contributed by atoms with E-state index in [-0.39, 0.29) is 24.0 Å². The Morgan fingerprint density at radius 2 is 1.96 bits per heavy atom. The minimum Gasteiger partial charge on any atom is -0.355 e. The van der Waals surface area contributed by atoms with E-state index in [9.17, 15) is 14.4 Å². The Morgan fingerprint density at radius 3 is 2.48 bits per heavy atom. The first kappa shape index (κ1) is 21.0. The fraction of sp³-hybridized carbons (Fsp3) is 0.368. The van der Waals surface area contributed by atoms with Gasteiger partial charge < -0.3 is 10.3 Å². The number of pyridine rings is 1. The van der Waals surface area contributed by atoms with Gasteiger partial charge >= 0.3 is 0 Å². The fourth-order valence-electron chi connectivity index (χ4n) is 2.93. The molecule has 0 spiro atoms. The first-order chi connectivity index (χ1) is 12.6. The molecule has 0 saturated heterocycles. The molecule has 0 bridgehead atoms. The van der Waals surface area contributed by atoms with E-state index in [1.807, 2.05) is 0 Å². The lowest BCUT2D eigenvalue weighted by molar-refractivity contribution is -0.117. The van der Waals surface area contributed by atoms with Crippen LogP contribution in [0.25, 0.3) is 0 Å². The van der Waals surface area contributed by atoms with Gasteiger partial charge in [0, 0.05) is 21.9 Å². The number of anilines is 1. The van der Waals surface area contributed by atoms with Crippen molar-refractivity contribution >= 4 is 39.2 Å². The molecule has 0 aliphatic carbocycles. The zero-order valence-electron chi connectivity index (χ0n) is 16.0. The summed E-state index contributed by atoms with van der Waals surface area (Å²) in [5.74, 6) is -0.0730. The fourth-order valence-corrected chi connectivity index (χ4v) is 3.16. The lowest BCUT2D eigenvalue weighted by atomic mass is 10.0. The molecular weight excluding hydrogens is 412 g/mol. The number of rotatable bonds is 7. The van der Waals surface area contributed by atoms with Crippen LogP contribution in [-0.4, -0.2) is 52.0 Å². The van der Waals surface area contributed by atoms with E-state index in [1.165, 1.54) is 6.92 Å². The lowest BCUT2D eigenvalue weighted by Gasteiger charge is -2.22. The van der Waals surface area contributed by atoms with Crippen molar-refractivity contribution in [3.63, 3.8) is 0 Å². The number of carbonyl (C=O) groups is 3. The highest BCUT2D eigenvalue weighted by molar-refractivity contribution is 9.10. The molecule has 8 heteroatoms. The summed E-state index contributed by atoms with van der Waals surface area (Å²) < 4.78 is 0.818. The Labute approximate surface area is 166 Å². The molecule has 1 unspecified atom stereocenters. The number of hydrogen-bond donors (Lipinski definition) is 2. The number of hydrogen-bond acceptors (Lipinski definition) is 5. The third kappa shape index (κ3) is 4.90. The molecule has 0 aromatic carbocycles. The number of nitrogens with zero attached hydrogens (tertiary/aromatic N) is 2. The van der Waals surface area contributed by atoms with Crippen LogP contribution in [0.2, 0.25) is 0 Å². The Kier molecular flexibility index (Phi) is 6.67. The number of aromatic nitrogens is 2. The topological polar surface area (TPSA) is 95.2 Å². The molecule has 2 N–H and O–H groups in total. The molecule has 2 heterocycles. The summed E-state index contributed by atoms with van der Waals surface area (Å²) in [5.41, 5.74) is 2.28. The van der Waals surface area contributed by atoms with Crippen molar-refractivity contribution in [2.24, 2.45) is 0 Å². The zero-order chi connectivity index (χ0) is 20.3. The van der Waals surface area contributed by atoms with Gasteiger partial charge in [-0.2, -0.15) is 0 Å². The minimum atomic E-state index is -0.537. The maximum atomic E-state index is 12.8. The summed E-state index contributed by atoms with van der Waals surface area (Å²) in [4.78, 5) is 45.6. The molecule has 2 aromatic heterocycles. The number of nitrogens with one attached hydrogen (secondary N) is 2. The molecule has 0 radical (unpaired) electrons. The Bertz CT molecular complexity index is 874. The molecule has 7 nitrogen and oxygen atoms in total. The van der Waals surface area contributed by atoms with Crippen molar-refractivity contribution in [2.75, 3.05) is 18.9 Å². The number of carbonyl (C=O) groups excluding carboxylic acids is 3. The predicted octanol–water partition coefficient (Wildman–Crippen LogP) is 3.13. The van der Waals surface area contributed by atoms with Gasteiger partial charge in [0.25, 0.3) is 0 Å². The molecule has 0 aliphatic rings. The summed E-state index contributed by atoms with van der Waals surface area (Å²) in [5, 5.41) is 2.70. The highest BCUT2D eigenvalue weighted by Gasteiger charge is 2.26. The molecule has 1 amide bonds. The van der Waals surface area contributed by atoms with E-state index in [0.717, 1.165) is 4.47 Å². The van der Waals surface area contributed by atoms with E-state index in [1.54, 1.807) is 51.0 Å². The Hall–Kier alpha value is -2.32. The van der Waals surface area contributed by atoms with E-state index >= 15 is 0 Å². The molecule has 1 atom stereocenters. The smallest absolute Gasteiger partial charge is 0.239 e. The molecular formula is C19H23BrN4O3. The number of aryl methyl sites for hydroxylation is 1. The van der Waals surface area contributed by atoms with Crippen LogP contribution in [0.5, 0.6) is 0 Å². The average molecular weight is 435 g/mol. The summed E-state index contributed by atoms with van der Waals surface area (Å²) in [6.07, 6.45) is 1.59. The van der Waals surface area contributed by atoms with Gasteiger partial charge in [-0.1, -0.05) is 0 Å². The summed E-state index contributed by atoms with van der Waals surface area (Å²) in [6, 6.07) is 2.93. The average Bonchev–Trinajstić information content (AvgIpc) is 2.90. The van der Waals surface area contributed by atoms with Gasteiger partial charge in [0.1, 0.15) is 5.82 Å². The number of amides is 1. The summed E-state index contributed by atoms with van der Waals surface area (Å²) in [6.45, 7) is 6.77. The minimum absolute atomic E-state index is 0.0307. The van der Waals surface area contributed by atoms with Gasteiger partial charge in [-0.25, -0.2) is 4.98 Å². The third-order valence-electron chi connectivity index (χ3n) is 4.46. The van der Waals surface area contributed by atoms with Crippen molar-refractivity contribution in [1.82, 2.24) is 14.9 Å². The van der Waals surface area contributed by atoms with Crippen LogP contribution in [-0.2, 0) is 4.79 Å². The van der Waals surface area contributed by atoms with Crippen LogP contribution in [0.4, 0.5) is 5.82 Å². The largest absolute Gasteiger partial charge is 0.355 e. The SMILES string of the molecule is CC(=O)c1c(C)[nH]c(C(=O)C(C)N(C)CC(=O)Nc2ccc(Br)cn2)c1C. The van der Waals surface area contributed by atoms with Crippen molar-refractivity contribution in [3.8, 4) is 0 Å². The van der Waals surface area contributed by atoms with E-state index < -0.39 is 6.04 Å². The Balaban J connectivity index is 2.06. The van der Waals surface area contributed by atoms with Gasteiger partial charge in [0.2, 0.25) is 5.91 Å². The van der Waals surface area contributed by atoms with Crippen LogP contribution >= 0.6 is 15.9 Å². The monoisotopic (exact) mass is 434 g/mol. The number of likely N-dealkylation sites (N-methyl/N-ethyl adjacent to an activating group) is 1. The van der Waals surface area contributed by atoms with E-state index in [4.69, 9.17) is 0 Å². The maximum absolute atomic E-state index is 12.8. The molecule has 0 saturated carbocycles. The quantitative estimate of drug-likeness (QED) is 0.652. The second kappa shape index (κ2) is 8.58. The molecule has 0 aliphatic heterocycles. The number of Topliss-reactive ketones (excluding diaryl/α,β-unsaturated/α-hetero) is 2. The van der Waals surface area contributed by atoms with Gasteiger partial charge in [-0.15, -0.1) is 0 Å². The van der Waals surface area contributed by atoms with Crippen molar-refractivity contribution in [2.45, 2.75) is 33.7 Å². The van der Waals surface area contributed by atoms with Crippen LogP contribution in [0.15, 0.2) is 22.8 Å². The standard InChI is InChI=1S/C19H23BrN4O3/c1-10-17(13(4)25)11(2)22-18(10)19(27)12(3)24(5)9-16(26)23-15-7-6-14(20)8-21-15/h6-8,12,22H,9H2,1-5H3,(H,21,23,26). The number of halogens is 1. The molecule has 0 fully saturated rings. The van der Waals surface area contributed by atoms with Crippen LogP contribution in [0, 0.1) is 13.8 Å². The van der Waals surface area contributed by atoms with E-state index in [0.29, 0.717) is 28.3 Å². The van der Waals surface area contributed by atoms with Gasteiger partial charge in [0.05, 0.1) is 18.3 Å². The summed E-state index contributed by atoms with van der Waals surface area (Å²) in [7, 11) is 1.70. The first-order valence-corrected chi connectivity index (χ1v) is 9.27. The zero-order valence-corrected chi connectivity index (χ0v) is 17.6. The number of aromatic amines is 1. The van der Waals surface area contributed by atoms with Crippen molar-refractivity contribution < 1.29 is 14.4 Å². The molecule has 27 heavy (non-hydrogen) atoms. The number of ketones is 2. The van der Waals surface area contributed by atoms with Crippen molar-refractivity contribution in [1.29, 1.82) is 0 Å². The van der Waals surface area contributed by atoms with Crippen LogP contribution in [0.3, 0.4) is 0 Å². The molecule has 2 rings (SSSR count). The lowest BCUT2D eigenvalue weighted by Crippen LogP contribution is -2.41. The van der Waals surface area contributed by atoms with Gasteiger partial charge in [0.15, 0.2) is 11.6 Å². The normalized spacial score (nSPS) is 12.1. The van der Waals surface area contributed by atoms with Gasteiger partial charge in [-0.05, 0) is 68.4 Å². The van der Waals surface area contributed by atoms with Gasteiger partial charge in [-0.3, -0.25) is 19.3 Å². The third-order valence-corrected chi connectivity index (χ3v) is 4.93. The molecule has 144 valence electrons. The van der Waals surface area contributed by atoms with Crippen LogP contribution in [0.1, 0.15) is 46.0 Å².